The maximum absolute atomic E-state index is 12.9. The molecule has 1 aliphatic rings. The number of aliphatic hydroxyl groups is 1. The Morgan fingerprint density at radius 2 is 1.81 bits per heavy atom. The van der Waals surface area contributed by atoms with Crippen LogP contribution in [0.4, 0.5) is 4.39 Å². The van der Waals surface area contributed by atoms with E-state index in [-0.39, 0.29) is 18.3 Å². The van der Waals surface area contributed by atoms with Crippen LogP contribution in [-0.4, -0.2) is 41.2 Å². The van der Waals surface area contributed by atoms with Crippen molar-refractivity contribution in [3.63, 3.8) is 0 Å². The highest BCUT2D eigenvalue weighted by molar-refractivity contribution is 5.78. The van der Waals surface area contributed by atoms with Gasteiger partial charge in [0.15, 0.2) is 0 Å². The Labute approximate surface area is 153 Å². The first kappa shape index (κ1) is 18.4. The number of carbonyl (C=O) groups excluding carboxylic acids is 1. The molecule has 1 unspecified atom stereocenters. The van der Waals surface area contributed by atoms with Crippen molar-refractivity contribution in [2.75, 3.05) is 19.7 Å². The second kappa shape index (κ2) is 8.32. The number of carbonyl (C=O) groups is 1. The summed E-state index contributed by atoms with van der Waals surface area (Å²) < 4.78 is 18.6. The van der Waals surface area contributed by atoms with Gasteiger partial charge in [0.2, 0.25) is 5.91 Å². The van der Waals surface area contributed by atoms with E-state index >= 15 is 0 Å². The first-order valence-corrected chi connectivity index (χ1v) is 8.97. The molecular weight excluding hydrogens is 333 g/mol. The first-order chi connectivity index (χ1) is 12.5. The minimum absolute atomic E-state index is 0.0832. The Balaban J connectivity index is 1.53. The van der Waals surface area contributed by atoms with Gasteiger partial charge < -0.3 is 14.7 Å². The molecule has 2 aromatic carbocycles. The van der Waals surface area contributed by atoms with E-state index in [1.165, 1.54) is 12.1 Å². The van der Waals surface area contributed by atoms with Gasteiger partial charge in [-0.25, -0.2) is 4.39 Å². The Bertz CT molecular complexity index is 720. The predicted octanol–water partition coefficient (Wildman–Crippen LogP) is 3.19. The van der Waals surface area contributed by atoms with Gasteiger partial charge in [0.25, 0.3) is 0 Å². The van der Waals surface area contributed by atoms with Gasteiger partial charge in [-0.2, -0.15) is 0 Å². The van der Waals surface area contributed by atoms with E-state index in [9.17, 15) is 14.3 Å². The van der Waals surface area contributed by atoms with Crippen LogP contribution >= 0.6 is 0 Å². The van der Waals surface area contributed by atoms with Crippen LogP contribution in [0.3, 0.4) is 0 Å². The predicted molar refractivity (Wildman–Crippen MR) is 97.4 cm³/mol. The fraction of sp³-hybridized carbons (Fsp3) is 0.381. The average Bonchev–Trinajstić information content (AvgIpc) is 2.84. The molecule has 0 saturated carbocycles. The number of hydrogen-bond acceptors (Lipinski definition) is 3. The van der Waals surface area contributed by atoms with Gasteiger partial charge >= 0.3 is 0 Å². The highest BCUT2D eigenvalue weighted by Crippen LogP contribution is 2.24. The lowest BCUT2D eigenvalue weighted by Gasteiger charge is -2.27. The molecule has 138 valence electrons. The lowest BCUT2D eigenvalue weighted by Crippen LogP contribution is -2.38. The maximum Gasteiger partial charge on any atom is 0.226 e. The summed E-state index contributed by atoms with van der Waals surface area (Å²) in [4.78, 5) is 14.3. The minimum Gasteiger partial charge on any atom is -0.491 e. The number of amides is 1. The van der Waals surface area contributed by atoms with Crippen molar-refractivity contribution in [3.05, 3.63) is 66.0 Å². The molecule has 0 aliphatic carbocycles. The lowest BCUT2D eigenvalue weighted by atomic mass is 9.96. The van der Waals surface area contributed by atoms with Gasteiger partial charge in [-0.15, -0.1) is 0 Å². The molecule has 3 rings (SSSR count). The molecule has 0 spiro atoms. The Morgan fingerprint density at radius 3 is 2.54 bits per heavy atom. The highest BCUT2D eigenvalue weighted by Gasteiger charge is 2.32. The van der Waals surface area contributed by atoms with Gasteiger partial charge in [-0.3, -0.25) is 4.79 Å². The van der Waals surface area contributed by atoms with Crippen molar-refractivity contribution in [2.45, 2.75) is 31.3 Å². The van der Waals surface area contributed by atoms with E-state index in [2.05, 4.69) is 0 Å². The SMILES string of the molecule is O=C(Cc1ccccc1)N1CCCC(O)(COc2ccc(F)cc2)CC1. The number of nitrogens with zero attached hydrogens (tertiary/aromatic N) is 1. The summed E-state index contributed by atoms with van der Waals surface area (Å²) in [5, 5.41) is 10.8. The molecule has 1 saturated heterocycles. The van der Waals surface area contributed by atoms with E-state index in [1.807, 2.05) is 35.2 Å². The molecule has 4 nitrogen and oxygen atoms in total. The first-order valence-electron chi connectivity index (χ1n) is 8.97. The molecule has 1 N–H and O–H groups in total. The zero-order chi connectivity index (χ0) is 18.4. The fourth-order valence-corrected chi connectivity index (χ4v) is 3.20. The zero-order valence-electron chi connectivity index (χ0n) is 14.7. The largest absolute Gasteiger partial charge is 0.491 e. The second-order valence-electron chi connectivity index (χ2n) is 6.86. The zero-order valence-corrected chi connectivity index (χ0v) is 14.7. The van der Waals surface area contributed by atoms with Crippen molar-refractivity contribution < 1.29 is 19.0 Å². The van der Waals surface area contributed by atoms with E-state index in [0.29, 0.717) is 38.1 Å². The topological polar surface area (TPSA) is 49.8 Å². The standard InChI is InChI=1S/C21H24FNO3/c22-18-7-9-19(10-8-18)26-16-21(25)11-4-13-23(14-12-21)20(24)15-17-5-2-1-3-6-17/h1-3,5-10,25H,4,11-16H2. The maximum atomic E-state index is 12.9. The third-order valence-electron chi connectivity index (χ3n) is 4.79. The number of rotatable bonds is 5. The number of likely N-dealkylation sites (tertiary alicyclic amines) is 1. The molecule has 5 heteroatoms. The highest BCUT2D eigenvalue weighted by atomic mass is 19.1. The van der Waals surface area contributed by atoms with Crippen LogP contribution in [0.1, 0.15) is 24.8 Å². The van der Waals surface area contributed by atoms with Crippen LogP contribution in [0, 0.1) is 5.82 Å². The number of ether oxygens (including phenoxy) is 1. The van der Waals surface area contributed by atoms with Crippen LogP contribution in [0.2, 0.25) is 0 Å². The van der Waals surface area contributed by atoms with Crippen LogP contribution in [-0.2, 0) is 11.2 Å². The summed E-state index contributed by atoms with van der Waals surface area (Å²) in [6, 6.07) is 15.4. The van der Waals surface area contributed by atoms with Crippen molar-refractivity contribution in [1.29, 1.82) is 0 Å². The van der Waals surface area contributed by atoms with Crippen molar-refractivity contribution in [2.24, 2.45) is 0 Å². The third-order valence-corrected chi connectivity index (χ3v) is 4.79. The van der Waals surface area contributed by atoms with Gasteiger partial charge in [0, 0.05) is 13.1 Å². The van der Waals surface area contributed by atoms with Gasteiger partial charge in [0.1, 0.15) is 23.8 Å². The molecule has 0 aromatic heterocycles. The Hall–Kier alpha value is -2.40. The Morgan fingerprint density at radius 1 is 1.08 bits per heavy atom. The minimum atomic E-state index is -0.976. The number of halogens is 1. The summed E-state index contributed by atoms with van der Waals surface area (Å²) in [7, 11) is 0. The van der Waals surface area contributed by atoms with Crippen LogP contribution < -0.4 is 4.74 Å². The average molecular weight is 357 g/mol. The number of benzene rings is 2. The summed E-state index contributed by atoms with van der Waals surface area (Å²) in [5.74, 6) is 0.291. The van der Waals surface area contributed by atoms with Crippen molar-refractivity contribution in [3.8, 4) is 5.75 Å². The summed E-state index contributed by atoms with van der Waals surface area (Å²) in [6.07, 6.45) is 2.15. The van der Waals surface area contributed by atoms with E-state index in [1.54, 1.807) is 12.1 Å². The van der Waals surface area contributed by atoms with E-state index in [4.69, 9.17) is 4.74 Å². The monoisotopic (exact) mass is 357 g/mol. The van der Waals surface area contributed by atoms with Gasteiger partial charge in [0.05, 0.1) is 6.42 Å². The van der Waals surface area contributed by atoms with E-state index < -0.39 is 5.60 Å². The molecule has 1 amide bonds. The number of hydrogen-bond donors (Lipinski definition) is 1. The van der Waals surface area contributed by atoms with Gasteiger partial charge in [-0.05, 0) is 49.1 Å². The van der Waals surface area contributed by atoms with Crippen LogP contribution in [0.15, 0.2) is 54.6 Å². The third kappa shape index (κ3) is 5.05. The second-order valence-corrected chi connectivity index (χ2v) is 6.86. The summed E-state index contributed by atoms with van der Waals surface area (Å²) >= 11 is 0. The van der Waals surface area contributed by atoms with E-state index in [0.717, 1.165) is 12.0 Å². The molecule has 0 radical (unpaired) electrons. The fourth-order valence-electron chi connectivity index (χ4n) is 3.20. The molecule has 26 heavy (non-hydrogen) atoms. The molecule has 1 atom stereocenters. The lowest BCUT2D eigenvalue weighted by molar-refractivity contribution is -0.130. The molecule has 2 aromatic rings. The molecule has 1 heterocycles. The van der Waals surface area contributed by atoms with Crippen LogP contribution in [0.25, 0.3) is 0 Å². The smallest absolute Gasteiger partial charge is 0.226 e. The normalized spacial score (nSPS) is 20.5. The molecular formula is C21H24FNO3. The molecule has 1 aliphatic heterocycles. The molecule has 0 bridgehead atoms. The summed E-state index contributed by atoms with van der Waals surface area (Å²) in [5.41, 5.74) is 0.0209. The summed E-state index contributed by atoms with van der Waals surface area (Å²) in [6.45, 7) is 1.29. The Kier molecular flexibility index (Phi) is 5.89. The van der Waals surface area contributed by atoms with Crippen molar-refractivity contribution >= 4 is 5.91 Å². The van der Waals surface area contributed by atoms with Gasteiger partial charge in [-0.1, -0.05) is 30.3 Å². The van der Waals surface area contributed by atoms with Crippen LogP contribution in [0.5, 0.6) is 5.75 Å². The quantitative estimate of drug-likeness (QED) is 0.894. The van der Waals surface area contributed by atoms with Crippen molar-refractivity contribution in [1.82, 2.24) is 4.90 Å². The molecule has 1 fully saturated rings.